The number of benzene rings is 2. The largest absolute Gasteiger partial charge is 0.239 e. The summed E-state index contributed by atoms with van der Waals surface area (Å²) >= 11 is 0. The van der Waals surface area contributed by atoms with E-state index >= 15 is 0 Å². The van der Waals surface area contributed by atoms with Gasteiger partial charge in [0.15, 0.2) is 0 Å². The minimum atomic E-state index is -1.28. The van der Waals surface area contributed by atoms with E-state index in [1.807, 2.05) is 24.3 Å². The number of alkyl halides is 1. The van der Waals surface area contributed by atoms with Gasteiger partial charge in [-0.15, -0.1) is 0 Å². The number of hydrogen-bond donors (Lipinski definition) is 0. The molecule has 0 fully saturated rings. The molecule has 0 atom stereocenters. The topological polar surface area (TPSA) is 0 Å². The molecule has 0 spiro atoms. The first-order valence-corrected chi connectivity index (χ1v) is 7.08. The summed E-state index contributed by atoms with van der Waals surface area (Å²) < 4.78 is 13.8. The highest BCUT2D eigenvalue weighted by Crippen LogP contribution is 2.29. The highest BCUT2D eigenvalue weighted by atomic mass is 19.1. The van der Waals surface area contributed by atoms with Gasteiger partial charge in [-0.25, -0.2) is 4.39 Å². The van der Waals surface area contributed by atoms with Crippen LogP contribution < -0.4 is 0 Å². The molecule has 0 bridgehead atoms. The van der Waals surface area contributed by atoms with Gasteiger partial charge in [-0.3, -0.25) is 0 Å². The van der Waals surface area contributed by atoms with Crippen LogP contribution in [0.2, 0.25) is 0 Å². The average molecular weight is 270 g/mol. The zero-order valence-electron chi connectivity index (χ0n) is 13.0. The summed E-state index contributed by atoms with van der Waals surface area (Å²) in [6.07, 6.45) is 0. The third-order valence-corrected chi connectivity index (χ3v) is 3.66. The van der Waals surface area contributed by atoms with Crippen LogP contribution in [0.3, 0.4) is 0 Å². The smallest absolute Gasteiger partial charge is 0.130 e. The van der Waals surface area contributed by atoms with Crippen LogP contribution >= 0.6 is 0 Å². The first-order chi connectivity index (χ1) is 9.18. The summed E-state index contributed by atoms with van der Waals surface area (Å²) in [5, 5.41) is 0. The Morgan fingerprint density at radius 1 is 0.600 bits per heavy atom. The van der Waals surface area contributed by atoms with Crippen molar-refractivity contribution < 1.29 is 4.39 Å². The van der Waals surface area contributed by atoms with E-state index in [-0.39, 0.29) is 5.41 Å². The van der Waals surface area contributed by atoms with Gasteiger partial charge in [-0.1, -0.05) is 69.3 Å². The fraction of sp³-hybridized carbons (Fsp3) is 0.368. The first-order valence-electron chi connectivity index (χ1n) is 7.08. The second-order valence-corrected chi connectivity index (χ2v) is 6.88. The first kappa shape index (κ1) is 14.8. The van der Waals surface area contributed by atoms with E-state index in [0.29, 0.717) is 5.56 Å². The Bertz CT molecular complexity index is 508. The standard InChI is InChI=1S/C19H23F/c1-18(2,3)16-10-6-14(7-11-16)15-8-12-17(13-9-15)19(4,5)20/h6-13H,1-5H3. The van der Waals surface area contributed by atoms with Gasteiger partial charge in [0.25, 0.3) is 0 Å². The molecule has 0 aliphatic heterocycles. The van der Waals surface area contributed by atoms with Crippen LogP contribution in [-0.2, 0) is 11.1 Å². The molecule has 106 valence electrons. The van der Waals surface area contributed by atoms with Gasteiger partial charge in [-0.05, 0) is 41.5 Å². The molecule has 2 aromatic rings. The van der Waals surface area contributed by atoms with Crippen molar-refractivity contribution in [2.75, 3.05) is 0 Å². The third-order valence-electron chi connectivity index (χ3n) is 3.66. The van der Waals surface area contributed by atoms with Crippen LogP contribution in [-0.4, -0.2) is 0 Å². The molecule has 0 amide bonds. The molecule has 2 aromatic carbocycles. The van der Waals surface area contributed by atoms with Crippen LogP contribution in [0.4, 0.5) is 4.39 Å². The van der Waals surface area contributed by atoms with Crippen molar-refractivity contribution >= 4 is 0 Å². The van der Waals surface area contributed by atoms with E-state index in [0.717, 1.165) is 5.56 Å². The van der Waals surface area contributed by atoms with Crippen LogP contribution in [0, 0.1) is 0 Å². The molecule has 0 aliphatic rings. The Morgan fingerprint density at radius 3 is 1.25 bits per heavy atom. The average Bonchev–Trinajstić information content (AvgIpc) is 2.37. The molecule has 0 aromatic heterocycles. The van der Waals surface area contributed by atoms with Crippen molar-refractivity contribution in [3.8, 4) is 11.1 Å². The molecule has 0 radical (unpaired) electrons. The van der Waals surface area contributed by atoms with Gasteiger partial charge >= 0.3 is 0 Å². The maximum absolute atomic E-state index is 13.8. The third kappa shape index (κ3) is 3.27. The molecular weight excluding hydrogens is 247 g/mol. The highest BCUT2D eigenvalue weighted by molar-refractivity contribution is 5.64. The van der Waals surface area contributed by atoms with Crippen molar-refractivity contribution in [1.29, 1.82) is 0 Å². The molecule has 0 saturated heterocycles. The Balaban J connectivity index is 2.29. The summed E-state index contributed by atoms with van der Waals surface area (Å²) in [7, 11) is 0. The second kappa shape index (κ2) is 5.05. The Hall–Kier alpha value is -1.63. The Labute approximate surface area is 121 Å². The summed E-state index contributed by atoms with van der Waals surface area (Å²) in [5.74, 6) is 0. The zero-order chi connectivity index (χ0) is 15.0. The lowest BCUT2D eigenvalue weighted by Crippen LogP contribution is -2.10. The Morgan fingerprint density at radius 2 is 0.950 bits per heavy atom. The van der Waals surface area contributed by atoms with E-state index in [9.17, 15) is 4.39 Å². The fourth-order valence-corrected chi connectivity index (χ4v) is 2.22. The van der Waals surface area contributed by atoms with E-state index in [1.165, 1.54) is 11.1 Å². The van der Waals surface area contributed by atoms with E-state index in [4.69, 9.17) is 0 Å². The molecule has 2 rings (SSSR count). The predicted molar refractivity (Wildman–Crippen MR) is 84.7 cm³/mol. The van der Waals surface area contributed by atoms with Gasteiger partial charge in [0, 0.05) is 0 Å². The van der Waals surface area contributed by atoms with Crippen molar-refractivity contribution in [3.05, 3.63) is 59.7 Å². The van der Waals surface area contributed by atoms with E-state index in [2.05, 4.69) is 45.0 Å². The van der Waals surface area contributed by atoms with Crippen molar-refractivity contribution in [2.24, 2.45) is 0 Å². The van der Waals surface area contributed by atoms with Gasteiger partial charge < -0.3 is 0 Å². The van der Waals surface area contributed by atoms with Crippen molar-refractivity contribution in [1.82, 2.24) is 0 Å². The molecule has 0 nitrogen and oxygen atoms in total. The summed E-state index contributed by atoms with van der Waals surface area (Å²) in [6, 6.07) is 16.3. The maximum Gasteiger partial charge on any atom is 0.130 e. The lowest BCUT2D eigenvalue weighted by molar-refractivity contribution is 0.221. The molecule has 0 unspecified atom stereocenters. The molecule has 0 N–H and O–H groups in total. The molecule has 0 saturated carbocycles. The molecule has 1 heteroatoms. The summed E-state index contributed by atoms with van der Waals surface area (Å²) in [6.45, 7) is 9.79. The maximum atomic E-state index is 13.8. The predicted octanol–water partition coefficient (Wildman–Crippen LogP) is 5.86. The zero-order valence-corrected chi connectivity index (χ0v) is 13.0. The highest BCUT2D eigenvalue weighted by Gasteiger charge is 2.18. The number of rotatable bonds is 2. The van der Waals surface area contributed by atoms with Crippen LogP contribution in [0.5, 0.6) is 0 Å². The van der Waals surface area contributed by atoms with Crippen molar-refractivity contribution in [2.45, 2.75) is 45.7 Å². The molecule has 20 heavy (non-hydrogen) atoms. The van der Waals surface area contributed by atoms with Gasteiger partial charge in [0.1, 0.15) is 5.67 Å². The second-order valence-electron chi connectivity index (χ2n) is 6.88. The van der Waals surface area contributed by atoms with Crippen LogP contribution in [0.1, 0.15) is 45.7 Å². The number of hydrogen-bond acceptors (Lipinski definition) is 0. The quantitative estimate of drug-likeness (QED) is 0.641. The number of halogens is 1. The fourth-order valence-electron chi connectivity index (χ4n) is 2.22. The van der Waals surface area contributed by atoms with Crippen molar-refractivity contribution in [3.63, 3.8) is 0 Å². The van der Waals surface area contributed by atoms with E-state index < -0.39 is 5.67 Å². The summed E-state index contributed by atoms with van der Waals surface area (Å²) in [5.41, 5.74) is 3.21. The monoisotopic (exact) mass is 270 g/mol. The van der Waals surface area contributed by atoms with Crippen LogP contribution in [0.15, 0.2) is 48.5 Å². The van der Waals surface area contributed by atoms with Crippen LogP contribution in [0.25, 0.3) is 11.1 Å². The SMILES string of the molecule is CC(C)(C)c1ccc(-c2ccc(C(C)(C)F)cc2)cc1. The summed E-state index contributed by atoms with van der Waals surface area (Å²) in [4.78, 5) is 0. The lowest BCUT2D eigenvalue weighted by Gasteiger charge is -2.19. The normalized spacial score (nSPS) is 12.5. The molecular formula is C19H23F. The van der Waals surface area contributed by atoms with Gasteiger partial charge in [0.05, 0.1) is 0 Å². The van der Waals surface area contributed by atoms with Gasteiger partial charge in [0.2, 0.25) is 0 Å². The lowest BCUT2D eigenvalue weighted by atomic mass is 9.86. The minimum Gasteiger partial charge on any atom is -0.239 e. The van der Waals surface area contributed by atoms with Gasteiger partial charge in [-0.2, -0.15) is 0 Å². The molecule has 0 aliphatic carbocycles. The minimum absolute atomic E-state index is 0.167. The Kier molecular flexibility index (Phi) is 3.73. The van der Waals surface area contributed by atoms with E-state index in [1.54, 1.807) is 13.8 Å². The molecule has 0 heterocycles.